The lowest BCUT2D eigenvalue weighted by molar-refractivity contribution is -0.135. The van der Waals surface area contributed by atoms with E-state index < -0.39 is 5.92 Å². The van der Waals surface area contributed by atoms with Gasteiger partial charge in [0.05, 0.1) is 35.2 Å². The lowest BCUT2D eigenvalue weighted by atomic mass is 10.0. The van der Waals surface area contributed by atoms with E-state index in [4.69, 9.17) is 23.8 Å². The summed E-state index contributed by atoms with van der Waals surface area (Å²) in [7, 11) is 0. The quantitative estimate of drug-likeness (QED) is 0.123. The molecule has 4 rings (SSSR count). The number of rotatable bonds is 14. The third-order valence-electron chi connectivity index (χ3n) is 7.43. The van der Waals surface area contributed by atoms with E-state index in [2.05, 4.69) is 35.6 Å². The normalized spacial score (nSPS) is 12.2. The molecule has 1 aromatic heterocycles. The fraction of sp³-hybridized carbons (Fsp3) is 0.294. The number of nitriles is 1. The van der Waals surface area contributed by atoms with Crippen LogP contribution in [0.1, 0.15) is 60.6 Å². The van der Waals surface area contributed by atoms with E-state index in [1.54, 1.807) is 29.7 Å². The number of amides is 1. The van der Waals surface area contributed by atoms with Gasteiger partial charge in [-0.25, -0.2) is 10.4 Å². The van der Waals surface area contributed by atoms with Gasteiger partial charge >= 0.3 is 0 Å². The minimum absolute atomic E-state index is 0.184. The van der Waals surface area contributed by atoms with Gasteiger partial charge in [-0.3, -0.25) is 9.80 Å². The number of halogens is 1. The highest BCUT2D eigenvalue weighted by atomic mass is 35.5. The number of hydrogen-bond donors (Lipinski definition) is 2. The van der Waals surface area contributed by atoms with Crippen LogP contribution in [0.25, 0.3) is 0 Å². The lowest BCUT2D eigenvalue weighted by Gasteiger charge is -2.30. The summed E-state index contributed by atoms with van der Waals surface area (Å²) < 4.78 is 1.94. The van der Waals surface area contributed by atoms with Gasteiger partial charge < -0.3 is 9.88 Å². The average molecular weight is 613 g/mol. The van der Waals surface area contributed by atoms with Crippen LogP contribution >= 0.6 is 23.8 Å². The summed E-state index contributed by atoms with van der Waals surface area (Å²) in [6.07, 6.45) is 5.41. The zero-order chi connectivity index (χ0) is 30.6. The number of nitrogens with zero attached hydrogens (tertiary/aromatic N) is 4. The molecule has 2 N–H and O–H groups in total. The molecule has 1 heterocycles. The Balaban J connectivity index is 1.66. The molecule has 0 fully saturated rings. The van der Waals surface area contributed by atoms with Crippen molar-refractivity contribution in [3.8, 4) is 6.07 Å². The summed E-state index contributed by atoms with van der Waals surface area (Å²) in [5, 5.41) is 14.8. The molecule has 2 atom stereocenters. The van der Waals surface area contributed by atoms with E-state index in [1.807, 2.05) is 71.3 Å². The largest absolute Gasteiger partial charge is 0.375 e. The molecule has 222 valence electrons. The third kappa shape index (κ3) is 9.23. The van der Waals surface area contributed by atoms with Gasteiger partial charge in [0.25, 0.3) is 5.91 Å². The van der Waals surface area contributed by atoms with Crippen LogP contribution < -0.4 is 10.7 Å². The molecule has 43 heavy (non-hydrogen) atoms. The molecule has 0 saturated carbocycles. The van der Waals surface area contributed by atoms with Crippen LogP contribution in [-0.4, -0.2) is 32.0 Å². The number of nitrogens with one attached hydrogen (secondary N) is 2. The molecule has 4 aromatic rings. The van der Waals surface area contributed by atoms with Crippen LogP contribution in [0.5, 0.6) is 0 Å². The predicted molar refractivity (Wildman–Crippen MR) is 175 cm³/mol. The highest BCUT2D eigenvalue weighted by molar-refractivity contribution is 7.80. The summed E-state index contributed by atoms with van der Waals surface area (Å²) >= 11 is 12.2. The Kier molecular flexibility index (Phi) is 11.9. The maximum Gasteiger partial charge on any atom is 0.253 e. The van der Waals surface area contributed by atoms with Crippen molar-refractivity contribution in [2.24, 2.45) is 5.92 Å². The molecule has 0 unspecified atom stereocenters. The number of hydrogen-bond acceptors (Lipinski definition) is 5. The Bertz CT molecular complexity index is 1530. The zero-order valence-electron chi connectivity index (χ0n) is 24.5. The first-order valence-corrected chi connectivity index (χ1v) is 15.3. The molecular weight excluding hydrogens is 576 g/mol. The highest BCUT2D eigenvalue weighted by Gasteiger charge is 2.33. The zero-order valence-corrected chi connectivity index (χ0v) is 26.1. The Labute approximate surface area is 264 Å². The van der Waals surface area contributed by atoms with Gasteiger partial charge in [0.15, 0.2) is 0 Å². The Morgan fingerprint density at radius 3 is 2.51 bits per heavy atom. The number of imidazole rings is 1. The third-order valence-corrected chi connectivity index (χ3v) is 8.04. The summed E-state index contributed by atoms with van der Waals surface area (Å²) in [5.74, 6) is -0.458. The Hall–Kier alpha value is -4.03. The number of aromatic nitrogens is 2. The average Bonchev–Trinajstić information content (AvgIpc) is 3.47. The highest BCUT2D eigenvalue weighted by Crippen LogP contribution is 2.23. The summed E-state index contributed by atoms with van der Waals surface area (Å²) in [4.78, 5) is 19.4. The van der Waals surface area contributed by atoms with Crippen molar-refractivity contribution in [2.75, 3.05) is 6.54 Å². The standard InChI is InChI=1S/C34H37ClN6OS/c1-3-25(2)16-17-39-41(23-29-10-7-11-30(35)18-29)34(42)32(33(43)38-20-27-8-5-4-6-9-27)31-21-37-24-40(31)22-28-14-12-26(19-36)13-15-28/h4-15,18,21,24-25,32,39H,3,16-17,20,22-23H2,1-2H3,(H,38,43)/t25-,32+/m0/s1. The van der Waals surface area contributed by atoms with Crippen molar-refractivity contribution in [2.45, 2.75) is 52.2 Å². The monoisotopic (exact) mass is 612 g/mol. The molecule has 0 aliphatic heterocycles. The Morgan fingerprint density at radius 2 is 1.81 bits per heavy atom. The van der Waals surface area contributed by atoms with E-state index in [0.717, 1.165) is 29.5 Å². The van der Waals surface area contributed by atoms with E-state index in [1.165, 1.54) is 0 Å². The van der Waals surface area contributed by atoms with Crippen molar-refractivity contribution < 1.29 is 4.79 Å². The molecular formula is C34H37ClN6OS. The van der Waals surface area contributed by atoms with Gasteiger partial charge in [0, 0.05) is 30.9 Å². The second-order valence-corrected chi connectivity index (χ2v) is 11.5. The molecule has 9 heteroatoms. The van der Waals surface area contributed by atoms with E-state index in [0.29, 0.717) is 53.4 Å². The molecule has 0 radical (unpaired) electrons. The van der Waals surface area contributed by atoms with Gasteiger partial charge in [0.1, 0.15) is 5.92 Å². The summed E-state index contributed by atoms with van der Waals surface area (Å²) in [5.41, 5.74) is 7.62. The fourth-order valence-corrected chi connectivity index (χ4v) is 5.19. The second-order valence-electron chi connectivity index (χ2n) is 10.7. The van der Waals surface area contributed by atoms with Gasteiger partial charge in [-0.1, -0.05) is 98.7 Å². The van der Waals surface area contributed by atoms with E-state index in [-0.39, 0.29) is 5.91 Å². The molecule has 0 saturated heterocycles. The first kappa shape index (κ1) is 31.9. The van der Waals surface area contributed by atoms with Crippen LogP contribution in [0.4, 0.5) is 0 Å². The number of hydrazine groups is 1. The molecule has 0 bridgehead atoms. The van der Waals surface area contributed by atoms with Crippen LogP contribution in [-0.2, 0) is 24.4 Å². The van der Waals surface area contributed by atoms with Gasteiger partial charge in [0.2, 0.25) is 0 Å². The molecule has 1 amide bonds. The van der Waals surface area contributed by atoms with Crippen LogP contribution in [0.2, 0.25) is 5.02 Å². The van der Waals surface area contributed by atoms with Crippen molar-refractivity contribution in [3.63, 3.8) is 0 Å². The summed E-state index contributed by atoms with van der Waals surface area (Å²) in [6, 6.07) is 27.0. The van der Waals surface area contributed by atoms with Crippen molar-refractivity contribution in [1.29, 1.82) is 5.26 Å². The first-order valence-electron chi connectivity index (χ1n) is 14.5. The smallest absolute Gasteiger partial charge is 0.253 e. The topological polar surface area (TPSA) is 86.0 Å². The maximum absolute atomic E-state index is 14.5. The second kappa shape index (κ2) is 16.0. The number of thiocarbonyl (C=S) groups is 1. The molecule has 0 aliphatic carbocycles. The van der Waals surface area contributed by atoms with Crippen molar-refractivity contribution >= 4 is 34.7 Å². The fourth-order valence-electron chi connectivity index (χ4n) is 4.68. The minimum atomic E-state index is -0.796. The van der Waals surface area contributed by atoms with Gasteiger partial charge in [-0.15, -0.1) is 0 Å². The number of carbonyl (C=O) groups excluding carboxylic acids is 1. The number of benzene rings is 3. The maximum atomic E-state index is 14.5. The SMILES string of the molecule is CC[C@H](C)CCNN(Cc1cccc(Cl)c1)C(=O)[C@@H](C(=S)NCc1ccccc1)c1cncn1Cc1ccc(C#N)cc1. The minimum Gasteiger partial charge on any atom is -0.375 e. The summed E-state index contributed by atoms with van der Waals surface area (Å²) in [6.45, 7) is 6.30. The van der Waals surface area contributed by atoms with Gasteiger partial charge in [-0.2, -0.15) is 5.26 Å². The Morgan fingerprint density at radius 1 is 1.07 bits per heavy atom. The van der Waals surface area contributed by atoms with Crippen LogP contribution in [0.15, 0.2) is 91.4 Å². The number of carbonyl (C=O) groups is 1. The van der Waals surface area contributed by atoms with Crippen LogP contribution in [0, 0.1) is 17.2 Å². The van der Waals surface area contributed by atoms with Crippen LogP contribution in [0.3, 0.4) is 0 Å². The molecule has 3 aromatic carbocycles. The molecule has 7 nitrogen and oxygen atoms in total. The van der Waals surface area contributed by atoms with Crippen molar-refractivity contribution in [1.82, 2.24) is 25.3 Å². The predicted octanol–water partition coefficient (Wildman–Crippen LogP) is 6.63. The van der Waals surface area contributed by atoms with Gasteiger partial charge in [-0.05, 0) is 53.3 Å². The van der Waals surface area contributed by atoms with Crippen molar-refractivity contribution in [3.05, 3.63) is 124 Å². The first-order chi connectivity index (χ1) is 20.9. The molecule has 0 aliphatic rings. The molecule has 0 spiro atoms. The lowest BCUT2D eigenvalue weighted by Crippen LogP contribution is -2.48. The van der Waals surface area contributed by atoms with E-state index >= 15 is 0 Å². The van der Waals surface area contributed by atoms with E-state index in [9.17, 15) is 10.1 Å².